The van der Waals surface area contributed by atoms with Crippen LogP contribution in [0.2, 0.25) is 0 Å². The molecule has 0 aliphatic rings. The predicted octanol–water partition coefficient (Wildman–Crippen LogP) is 15.4. The monoisotopic (exact) mass is 852 g/mol. The second kappa shape index (κ2) is 48.3. The lowest BCUT2D eigenvalue weighted by Gasteiger charge is -2.24. The molecule has 0 fully saturated rings. The molecule has 3 atom stereocenters. The molecule has 0 aromatic rings. The van der Waals surface area contributed by atoms with E-state index in [2.05, 4.69) is 50.4 Å². The summed E-state index contributed by atoms with van der Waals surface area (Å²) in [6.45, 7) is 6.33. The molecule has 6 nitrogen and oxygen atoms in total. The fraction of sp³-hybridized carbons (Fsp3) is 0.745. The molecule has 0 radical (unpaired) electrons. The van der Waals surface area contributed by atoms with E-state index in [1.807, 2.05) is 48.6 Å². The van der Waals surface area contributed by atoms with E-state index in [0.29, 0.717) is 19.3 Å². The number of hydrogen-bond donors (Lipinski definition) is 3. The van der Waals surface area contributed by atoms with Gasteiger partial charge in [0.2, 0.25) is 5.91 Å². The molecular weight excluding hydrogens is 755 g/mol. The quantitative estimate of drug-likeness (QED) is 0.0322. The molecule has 3 N–H and O–H groups in total. The van der Waals surface area contributed by atoms with Crippen molar-refractivity contribution in [1.29, 1.82) is 0 Å². The fourth-order valence-corrected chi connectivity index (χ4v) is 7.58. The lowest BCUT2D eigenvalue weighted by atomic mass is 10.0. The first-order valence-corrected chi connectivity index (χ1v) is 25.7. The zero-order chi connectivity index (χ0) is 44.5. The largest absolute Gasteiger partial charge is 0.462 e. The van der Waals surface area contributed by atoms with Crippen molar-refractivity contribution in [1.82, 2.24) is 5.32 Å². The first-order valence-electron chi connectivity index (χ1n) is 25.7. The van der Waals surface area contributed by atoms with Crippen molar-refractivity contribution in [3.63, 3.8) is 0 Å². The van der Waals surface area contributed by atoms with Gasteiger partial charge >= 0.3 is 5.97 Å². The van der Waals surface area contributed by atoms with Gasteiger partial charge in [0.05, 0.1) is 25.2 Å². The summed E-state index contributed by atoms with van der Waals surface area (Å²) in [6, 6.07) is -0.711. The second-order valence-electron chi connectivity index (χ2n) is 17.4. The molecule has 0 aliphatic heterocycles. The van der Waals surface area contributed by atoms with Crippen molar-refractivity contribution in [3.8, 4) is 0 Å². The second-order valence-corrected chi connectivity index (χ2v) is 17.4. The number of aliphatic hydroxyl groups excluding tert-OH is 2. The molecule has 0 saturated heterocycles. The van der Waals surface area contributed by atoms with Crippen LogP contribution in [0, 0.1) is 0 Å². The van der Waals surface area contributed by atoms with Gasteiger partial charge in [-0.15, -0.1) is 0 Å². The number of aliphatic hydroxyl groups is 2. The predicted molar refractivity (Wildman–Crippen MR) is 264 cm³/mol. The average Bonchev–Trinajstić information content (AvgIpc) is 3.25. The van der Waals surface area contributed by atoms with Crippen LogP contribution in [-0.4, -0.2) is 46.9 Å². The summed E-state index contributed by atoms with van der Waals surface area (Å²) in [5.74, 6) is -0.522. The number of nitrogens with one attached hydrogen (secondary N) is 1. The summed E-state index contributed by atoms with van der Waals surface area (Å²) in [7, 11) is 0. The van der Waals surface area contributed by atoms with Gasteiger partial charge in [-0.3, -0.25) is 9.59 Å². The summed E-state index contributed by atoms with van der Waals surface area (Å²) >= 11 is 0. The minimum atomic E-state index is -0.796. The zero-order valence-corrected chi connectivity index (χ0v) is 40.0. The van der Waals surface area contributed by atoms with Crippen molar-refractivity contribution in [3.05, 3.63) is 72.9 Å². The third-order valence-corrected chi connectivity index (χ3v) is 11.5. The topological polar surface area (TPSA) is 95.9 Å². The Balaban J connectivity index is 4.68. The standard InChI is InChI=1S/C55H97NO5/c1-4-7-10-13-16-19-22-24-26-27-28-30-33-36-39-42-45-48-55(60)61-51(46-43-40-37-34-32-29-25-23-20-17-14-11-8-5-2)49-54(59)56-52(50-57)53(58)47-44-41-38-35-31-21-18-15-12-9-6-3/h7,10,13,16,19,22,24,26-28,30,33,51-53,57-58H,4-6,8-9,11-12,14-15,17-18,20-21,23,25,29,31-32,34-50H2,1-3H3,(H,56,59)/b10-7-,16-13+,22-19+,26-24-,28-27+,33-30+. The zero-order valence-electron chi connectivity index (χ0n) is 40.0. The first kappa shape index (κ1) is 58.3. The highest BCUT2D eigenvalue weighted by Crippen LogP contribution is 2.18. The Hall–Kier alpha value is -2.70. The molecular formula is C55H97NO5. The maximum absolute atomic E-state index is 13.2. The number of hydrogen-bond acceptors (Lipinski definition) is 5. The number of allylic oxidation sites excluding steroid dienone is 12. The Kier molecular flexibility index (Phi) is 46.2. The SMILES string of the molecule is CC\C=C/C=C/C=C/C=C\C=C\C=C\CCCCCC(=O)OC(CCCCCCCCCCCCCCCC)CC(=O)NC(CO)C(O)CCCCCCCCCCCCC. The Morgan fingerprint density at radius 3 is 1.33 bits per heavy atom. The molecule has 0 bridgehead atoms. The van der Waals surface area contributed by atoms with Gasteiger partial charge in [-0.05, 0) is 44.9 Å². The number of esters is 1. The minimum absolute atomic E-state index is 0.0589. The van der Waals surface area contributed by atoms with Crippen LogP contribution >= 0.6 is 0 Å². The maximum Gasteiger partial charge on any atom is 0.306 e. The minimum Gasteiger partial charge on any atom is -0.462 e. The number of carbonyl (C=O) groups excluding carboxylic acids is 2. The van der Waals surface area contributed by atoms with Crippen LogP contribution in [0.15, 0.2) is 72.9 Å². The van der Waals surface area contributed by atoms with Gasteiger partial charge in [-0.1, -0.05) is 254 Å². The van der Waals surface area contributed by atoms with Crippen molar-refractivity contribution in [2.75, 3.05) is 6.61 Å². The van der Waals surface area contributed by atoms with Crippen LogP contribution in [0.4, 0.5) is 0 Å². The summed E-state index contributed by atoms with van der Waals surface area (Å²) in [6.07, 6.45) is 61.0. The number of ether oxygens (including phenoxy) is 1. The van der Waals surface area contributed by atoms with Crippen LogP contribution in [0.5, 0.6) is 0 Å². The molecule has 0 rings (SSSR count). The molecule has 0 aromatic heterocycles. The van der Waals surface area contributed by atoms with Crippen LogP contribution < -0.4 is 5.32 Å². The molecule has 1 amide bonds. The first-order chi connectivity index (χ1) is 30.0. The lowest BCUT2D eigenvalue weighted by Crippen LogP contribution is -2.46. The van der Waals surface area contributed by atoms with Crippen molar-refractivity contribution >= 4 is 11.9 Å². The van der Waals surface area contributed by atoms with E-state index in [9.17, 15) is 19.8 Å². The van der Waals surface area contributed by atoms with E-state index in [1.165, 1.54) is 122 Å². The molecule has 0 saturated carbocycles. The van der Waals surface area contributed by atoms with E-state index >= 15 is 0 Å². The lowest BCUT2D eigenvalue weighted by molar-refractivity contribution is -0.151. The fourth-order valence-electron chi connectivity index (χ4n) is 7.58. The highest BCUT2D eigenvalue weighted by atomic mass is 16.5. The Labute approximate surface area is 377 Å². The molecule has 0 aromatic carbocycles. The van der Waals surface area contributed by atoms with Crippen LogP contribution in [0.1, 0.15) is 239 Å². The Morgan fingerprint density at radius 1 is 0.492 bits per heavy atom. The third-order valence-electron chi connectivity index (χ3n) is 11.5. The molecule has 6 heteroatoms. The van der Waals surface area contributed by atoms with E-state index in [4.69, 9.17) is 4.74 Å². The molecule has 3 unspecified atom stereocenters. The normalized spacial score (nSPS) is 13.9. The van der Waals surface area contributed by atoms with Crippen LogP contribution in [-0.2, 0) is 14.3 Å². The molecule has 0 spiro atoms. The van der Waals surface area contributed by atoms with Crippen molar-refractivity contribution < 1.29 is 24.5 Å². The van der Waals surface area contributed by atoms with Gasteiger partial charge < -0.3 is 20.3 Å². The van der Waals surface area contributed by atoms with Gasteiger partial charge in [0.1, 0.15) is 6.10 Å². The highest BCUT2D eigenvalue weighted by molar-refractivity contribution is 5.77. The molecule has 0 aliphatic carbocycles. The van der Waals surface area contributed by atoms with E-state index in [0.717, 1.165) is 70.6 Å². The number of unbranched alkanes of at least 4 members (excludes halogenated alkanes) is 26. The average molecular weight is 852 g/mol. The third kappa shape index (κ3) is 43.7. The van der Waals surface area contributed by atoms with Gasteiger partial charge in [0, 0.05) is 6.42 Å². The maximum atomic E-state index is 13.2. The number of rotatable bonds is 45. The number of carbonyl (C=O) groups is 2. The summed E-state index contributed by atoms with van der Waals surface area (Å²) in [5.41, 5.74) is 0. The summed E-state index contributed by atoms with van der Waals surface area (Å²) in [4.78, 5) is 26.1. The highest BCUT2D eigenvalue weighted by Gasteiger charge is 2.24. The van der Waals surface area contributed by atoms with Gasteiger partial charge in [-0.25, -0.2) is 0 Å². The van der Waals surface area contributed by atoms with Crippen molar-refractivity contribution in [2.45, 2.75) is 257 Å². The van der Waals surface area contributed by atoms with E-state index < -0.39 is 18.2 Å². The number of amides is 1. The smallest absolute Gasteiger partial charge is 0.306 e. The van der Waals surface area contributed by atoms with Crippen LogP contribution in [0.25, 0.3) is 0 Å². The van der Waals surface area contributed by atoms with E-state index in [-0.39, 0.29) is 24.9 Å². The van der Waals surface area contributed by atoms with E-state index in [1.54, 1.807) is 0 Å². The van der Waals surface area contributed by atoms with Crippen LogP contribution in [0.3, 0.4) is 0 Å². The van der Waals surface area contributed by atoms with Gasteiger partial charge in [-0.2, -0.15) is 0 Å². The van der Waals surface area contributed by atoms with Gasteiger partial charge in [0.25, 0.3) is 0 Å². The van der Waals surface area contributed by atoms with Gasteiger partial charge in [0.15, 0.2) is 0 Å². The molecule has 61 heavy (non-hydrogen) atoms. The molecule has 0 heterocycles. The summed E-state index contributed by atoms with van der Waals surface area (Å²) < 4.78 is 5.92. The molecule has 352 valence electrons. The Morgan fingerprint density at radius 2 is 0.885 bits per heavy atom. The summed E-state index contributed by atoms with van der Waals surface area (Å²) in [5, 5.41) is 23.7. The van der Waals surface area contributed by atoms with Crippen molar-refractivity contribution in [2.24, 2.45) is 0 Å². The Bertz CT molecular complexity index is 1140.